The van der Waals surface area contributed by atoms with Crippen molar-refractivity contribution >= 4 is 10.0 Å². The number of rotatable bonds is 5. The summed E-state index contributed by atoms with van der Waals surface area (Å²) in [6.07, 6.45) is 1.80. The smallest absolute Gasteiger partial charge is 0.229 e. The van der Waals surface area contributed by atoms with Crippen LogP contribution in [0.15, 0.2) is 0 Å². The number of piperidine rings is 1. The van der Waals surface area contributed by atoms with Gasteiger partial charge in [-0.15, -0.1) is 0 Å². The van der Waals surface area contributed by atoms with E-state index >= 15 is 0 Å². The predicted octanol–water partition coefficient (Wildman–Crippen LogP) is 0.673. The van der Waals surface area contributed by atoms with Crippen LogP contribution in [0.25, 0.3) is 0 Å². The highest BCUT2D eigenvalue weighted by molar-refractivity contribution is 7.89. The molecule has 1 aliphatic rings. The van der Waals surface area contributed by atoms with Gasteiger partial charge >= 0.3 is 0 Å². The van der Waals surface area contributed by atoms with Gasteiger partial charge in [0.2, 0.25) is 10.0 Å². The molecular weight excluding hydrogens is 250 g/mol. The molecule has 0 amide bonds. The third-order valence-corrected chi connectivity index (χ3v) is 5.61. The molecule has 1 aliphatic heterocycles. The molecule has 6 heteroatoms. The molecule has 0 aromatic heterocycles. The maximum Gasteiger partial charge on any atom is 0.229 e. The SMILES string of the molecule is CC(C)CN1CCC(N(C)S(=O)(=O)C(C)N)CC1. The van der Waals surface area contributed by atoms with Gasteiger partial charge in [-0.1, -0.05) is 13.8 Å². The fraction of sp³-hybridized carbons (Fsp3) is 1.00. The maximum atomic E-state index is 12.0. The van der Waals surface area contributed by atoms with E-state index in [1.807, 2.05) is 0 Å². The number of hydrogen-bond acceptors (Lipinski definition) is 4. The van der Waals surface area contributed by atoms with Crippen molar-refractivity contribution in [1.82, 2.24) is 9.21 Å². The van der Waals surface area contributed by atoms with Crippen LogP contribution in [0.1, 0.15) is 33.6 Å². The second-order valence-corrected chi connectivity index (χ2v) is 8.04. The maximum absolute atomic E-state index is 12.0. The van der Waals surface area contributed by atoms with Crippen LogP contribution < -0.4 is 5.73 Å². The van der Waals surface area contributed by atoms with Crippen molar-refractivity contribution in [2.45, 2.75) is 45.0 Å². The minimum absolute atomic E-state index is 0.101. The summed E-state index contributed by atoms with van der Waals surface area (Å²) >= 11 is 0. The van der Waals surface area contributed by atoms with Gasteiger partial charge in [-0.25, -0.2) is 12.7 Å². The second-order valence-electron chi connectivity index (χ2n) is 5.69. The predicted molar refractivity (Wildman–Crippen MR) is 74.6 cm³/mol. The van der Waals surface area contributed by atoms with Crippen molar-refractivity contribution in [3.63, 3.8) is 0 Å². The molecule has 0 saturated carbocycles. The van der Waals surface area contributed by atoms with E-state index in [9.17, 15) is 8.42 Å². The molecule has 18 heavy (non-hydrogen) atoms. The summed E-state index contributed by atoms with van der Waals surface area (Å²) in [4.78, 5) is 2.41. The molecule has 1 unspecified atom stereocenters. The molecule has 0 bridgehead atoms. The molecule has 1 heterocycles. The van der Waals surface area contributed by atoms with Crippen LogP contribution in [-0.2, 0) is 10.0 Å². The van der Waals surface area contributed by atoms with Crippen molar-refractivity contribution in [3.8, 4) is 0 Å². The lowest BCUT2D eigenvalue weighted by Gasteiger charge is -2.37. The fourth-order valence-electron chi connectivity index (χ4n) is 2.45. The van der Waals surface area contributed by atoms with Crippen molar-refractivity contribution in [2.75, 3.05) is 26.7 Å². The fourth-order valence-corrected chi connectivity index (χ4v) is 3.60. The van der Waals surface area contributed by atoms with Crippen LogP contribution in [0, 0.1) is 5.92 Å². The Kier molecular flexibility index (Phi) is 5.58. The zero-order chi connectivity index (χ0) is 13.9. The minimum Gasteiger partial charge on any atom is -0.314 e. The minimum atomic E-state index is -3.32. The third kappa shape index (κ3) is 3.91. The summed E-state index contributed by atoms with van der Waals surface area (Å²) in [5.74, 6) is 0.659. The van der Waals surface area contributed by atoms with Crippen molar-refractivity contribution in [1.29, 1.82) is 0 Å². The Bertz CT molecular complexity index is 346. The number of hydrogen-bond donors (Lipinski definition) is 1. The summed E-state index contributed by atoms with van der Waals surface area (Å²) in [6.45, 7) is 8.98. The average Bonchev–Trinajstić information content (AvgIpc) is 2.28. The van der Waals surface area contributed by atoms with E-state index in [1.54, 1.807) is 7.05 Å². The topological polar surface area (TPSA) is 66.6 Å². The van der Waals surface area contributed by atoms with Gasteiger partial charge in [-0.05, 0) is 38.8 Å². The summed E-state index contributed by atoms with van der Waals surface area (Å²) in [5.41, 5.74) is 5.53. The standard InChI is InChI=1S/C12H27N3O2S/c1-10(2)9-15-7-5-12(6-8-15)14(4)18(16,17)11(3)13/h10-12H,5-9,13H2,1-4H3. The highest BCUT2D eigenvalue weighted by atomic mass is 32.2. The van der Waals surface area contributed by atoms with Gasteiger partial charge in [0.15, 0.2) is 0 Å². The van der Waals surface area contributed by atoms with Gasteiger partial charge in [0.1, 0.15) is 5.37 Å². The third-order valence-electron chi connectivity index (χ3n) is 3.57. The van der Waals surface area contributed by atoms with E-state index in [0.29, 0.717) is 5.92 Å². The van der Waals surface area contributed by atoms with Crippen LogP contribution in [0.4, 0.5) is 0 Å². The zero-order valence-corrected chi connectivity index (χ0v) is 12.8. The number of nitrogens with two attached hydrogens (primary N) is 1. The van der Waals surface area contributed by atoms with Crippen molar-refractivity contribution in [2.24, 2.45) is 11.7 Å². The summed E-state index contributed by atoms with van der Waals surface area (Å²) < 4.78 is 25.4. The number of likely N-dealkylation sites (tertiary alicyclic amines) is 1. The van der Waals surface area contributed by atoms with Gasteiger partial charge in [0.05, 0.1) is 0 Å². The summed E-state index contributed by atoms with van der Waals surface area (Å²) in [7, 11) is -1.67. The van der Waals surface area contributed by atoms with Crippen LogP contribution in [0.5, 0.6) is 0 Å². The highest BCUT2D eigenvalue weighted by Gasteiger charge is 2.31. The van der Waals surface area contributed by atoms with Crippen LogP contribution in [-0.4, -0.2) is 55.7 Å². The Morgan fingerprint density at radius 2 is 1.78 bits per heavy atom. The first kappa shape index (κ1) is 15.9. The molecule has 1 atom stereocenters. The molecular formula is C12H27N3O2S. The normalized spacial score (nSPS) is 21.7. The molecule has 108 valence electrons. The number of nitrogens with zero attached hydrogens (tertiary/aromatic N) is 2. The Morgan fingerprint density at radius 3 is 2.17 bits per heavy atom. The number of sulfonamides is 1. The van der Waals surface area contributed by atoms with Crippen molar-refractivity contribution in [3.05, 3.63) is 0 Å². The van der Waals surface area contributed by atoms with Crippen LogP contribution in [0.2, 0.25) is 0 Å². The quantitative estimate of drug-likeness (QED) is 0.802. The lowest BCUT2D eigenvalue weighted by atomic mass is 10.0. The Morgan fingerprint density at radius 1 is 1.28 bits per heavy atom. The zero-order valence-electron chi connectivity index (χ0n) is 12.0. The molecule has 0 spiro atoms. The van der Waals surface area contributed by atoms with E-state index in [-0.39, 0.29) is 6.04 Å². The highest BCUT2D eigenvalue weighted by Crippen LogP contribution is 2.19. The van der Waals surface area contributed by atoms with Crippen LogP contribution in [0.3, 0.4) is 0 Å². The van der Waals surface area contributed by atoms with Crippen molar-refractivity contribution < 1.29 is 8.42 Å². The van der Waals surface area contributed by atoms with E-state index in [4.69, 9.17) is 5.73 Å². The molecule has 1 fully saturated rings. The second kappa shape index (κ2) is 6.32. The first-order chi connectivity index (χ1) is 8.25. The largest absolute Gasteiger partial charge is 0.314 e. The Balaban J connectivity index is 2.53. The van der Waals surface area contributed by atoms with E-state index < -0.39 is 15.4 Å². The van der Waals surface area contributed by atoms with E-state index in [0.717, 1.165) is 32.5 Å². The van der Waals surface area contributed by atoms with E-state index in [2.05, 4.69) is 18.7 Å². The first-order valence-electron chi connectivity index (χ1n) is 6.70. The van der Waals surface area contributed by atoms with Gasteiger partial charge in [-0.2, -0.15) is 0 Å². The monoisotopic (exact) mass is 277 g/mol. The van der Waals surface area contributed by atoms with Gasteiger partial charge in [0.25, 0.3) is 0 Å². The molecule has 1 saturated heterocycles. The molecule has 0 aromatic carbocycles. The van der Waals surface area contributed by atoms with E-state index in [1.165, 1.54) is 11.2 Å². The lowest BCUT2D eigenvalue weighted by molar-refractivity contribution is 0.156. The first-order valence-corrected chi connectivity index (χ1v) is 8.20. The lowest BCUT2D eigenvalue weighted by Crippen LogP contribution is -2.49. The van der Waals surface area contributed by atoms with Gasteiger partial charge < -0.3 is 10.6 Å². The molecule has 0 aromatic rings. The molecule has 1 rings (SSSR count). The molecule has 0 radical (unpaired) electrons. The average molecular weight is 277 g/mol. The van der Waals surface area contributed by atoms with Gasteiger partial charge in [0, 0.05) is 19.6 Å². The van der Waals surface area contributed by atoms with Gasteiger partial charge in [-0.3, -0.25) is 0 Å². The molecule has 2 N–H and O–H groups in total. The summed E-state index contributed by atoms with van der Waals surface area (Å²) in [5, 5.41) is -0.823. The Labute approximate surface area is 111 Å². The Hall–Kier alpha value is -0.170. The van der Waals surface area contributed by atoms with Crippen LogP contribution >= 0.6 is 0 Å². The molecule has 5 nitrogen and oxygen atoms in total. The molecule has 0 aliphatic carbocycles. The summed E-state index contributed by atoms with van der Waals surface area (Å²) in [6, 6.07) is 0.101.